The predicted octanol–water partition coefficient (Wildman–Crippen LogP) is 7.39. The van der Waals surface area contributed by atoms with Crippen molar-refractivity contribution in [1.82, 2.24) is 0 Å². The lowest BCUT2D eigenvalue weighted by Gasteiger charge is -2.06. The molecule has 0 amide bonds. The Morgan fingerprint density at radius 1 is 0.839 bits per heavy atom. The molecule has 0 fully saturated rings. The van der Waals surface area contributed by atoms with Crippen LogP contribution in [-0.2, 0) is 6.42 Å². The Morgan fingerprint density at radius 3 is 2.19 bits per heavy atom. The smallest absolute Gasteiger partial charge is 0.153 e. The molecule has 0 unspecified atom stereocenters. The van der Waals surface area contributed by atoms with Crippen molar-refractivity contribution in [1.29, 1.82) is 0 Å². The number of hydrogen-bond donors (Lipinski definition) is 0. The number of nitrogens with zero attached hydrogens (tertiary/aromatic N) is 1. The SMILES string of the molecule is CCCCc1ccc(C#Cc2ccc(-c3cc(F)c(N=C=S)c(F)c3)c(F)c2)c(F)c1. The Morgan fingerprint density at radius 2 is 1.58 bits per heavy atom. The molecule has 3 aromatic carbocycles. The molecule has 0 aromatic heterocycles. The summed E-state index contributed by atoms with van der Waals surface area (Å²) in [6.45, 7) is 2.07. The van der Waals surface area contributed by atoms with Gasteiger partial charge in [0.2, 0.25) is 0 Å². The van der Waals surface area contributed by atoms with Crippen LogP contribution in [0.1, 0.15) is 36.5 Å². The highest BCUT2D eigenvalue weighted by Crippen LogP contribution is 2.30. The van der Waals surface area contributed by atoms with Gasteiger partial charge >= 0.3 is 0 Å². The van der Waals surface area contributed by atoms with Gasteiger partial charge in [0.1, 0.15) is 17.3 Å². The number of aliphatic imine (C=N–C) groups is 1. The Kier molecular flexibility index (Phi) is 7.36. The van der Waals surface area contributed by atoms with Gasteiger partial charge in [-0.25, -0.2) is 17.6 Å². The van der Waals surface area contributed by atoms with E-state index in [0.29, 0.717) is 5.56 Å². The van der Waals surface area contributed by atoms with Crippen LogP contribution in [0.25, 0.3) is 11.1 Å². The zero-order chi connectivity index (χ0) is 22.4. The topological polar surface area (TPSA) is 12.4 Å². The maximum Gasteiger partial charge on any atom is 0.153 e. The minimum atomic E-state index is -0.978. The summed E-state index contributed by atoms with van der Waals surface area (Å²) in [5, 5.41) is 1.90. The highest BCUT2D eigenvalue weighted by molar-refractivity contribution is 7.78. The number of hydrogen-bond acceptors (Lipinski definition) is 2. The molecule has 0 spiro atoms. The van der Waals surface area contributed by atoms with E-state index < -0.39 is 29.0 Å². The van der Waals surface area contributed by atoms with Gasteiger partial charge in [0.25, 0.3) is 0 Å². The Hall–Kier alpha value is -3.26. The predicted molar refractivity (Wildman–Crippen MR) is 117 cm³/mol. The van der Waals surface area contributed by atoms with Crippen molar-refractivity contribution in [3.63, 3.8) is 0 Å². The van der Waals surface area contributed by atoms with Gasteiger partial charge in [0.05, 0.1) is 10.7 Å². The van der Waals surface area contributed by atoms with E-state index in [9.17, 15) is 17.6 Å². The minimum Gasteiger partial charge on any atom is -0.206 e. The summed E-state index contributed by atoms with van der Waals surface area (Å²) in [5.41, 5.74) is 0.838. The molecule has 0 bridgehead atoms. The van der Waals surface area contributed by atoms with Crippen LogP contribution >= 0.6 is 12.2 Å². The zero-order valence-electron chi connectivity index (χ0n) is 16.6. The van der Waals surface area contributed by atoms with Crippen molar-refractivity contribution >= 4 is 23.1 Å². The fourth-order valence-electron chi connectivity index (χ4n) is 3.04. The number of isothiocyanates is 1. The second kappa shape index (κ2) is 10.2. The molecule has 3 aromatic rings. The molecule has 0 aliphatic carbocycles. The Bertz CT molecular complexity index is 1210. The van der Waals surface area contributed by atoms with E-state index in [0.717, 1.165) is 43.0 Å². The molecule has 31 heavy (non-hydrogen) atoms. The largest absolute Gasteiger partial charge is 0.206 e. The number of rotatable bonds is 5. The van der Waals surface area contributed by atoms with Gasteiger partial charge < -0.3 is 0 Å². The number of halogens is 4. The molecule has 0 saturated heterocycles. The van der Waals surface area contributed by atoms with Crippen LogP contribution in [0, 0.1) is 35.1 Å². The molecule has 0 atom stereocenters. The first-order chi connectivity index (χ1) is 14.9. The van der Waals surface area contributed by atoms with E-state index in [1.54, 1.807) is 6.07 Å². The number of aryl methyl sites for hydroxylation is 1. The van der Waals surface area contributed by atoms with Crippen molar-refractivity contribution in [2.24, 2.45) is 4.99 Å². The fourth-order valence-corrected chi connectivity index (χ4v) is 3.13. The van der Waals surface area contributed by atoms with Crippen LogP contribution in [0.5, 0.6) is 0 Å². The number of unbranched alkanes of at least 4 members (excludes halogenated alkanes) is 1. The molecule has 0 radical (unpaired) electrons. The molecular formula is C25H17F4NS. The second-order valence-corrected chi connectivity index (χ2v) is 7.04. The van der Waals surface area contributed by atoms with E-state index in [4.69, 9.17) is 0 Å². The van der Waals surface area contributed by atoms with E-state index in [1.807, 2.05) is 11.2 Å². The molecular weight excluding hydrogens is 422 g/mol. The van der Waals surface area contributed by atoms with Crippen LogP contribution in [0.2, 0.25) is 0 Å². The summed E-state index contributed by atoms with van der Waals surface area (Å²) in [5.74, 6) is 2.32. The van der Waals surface area contributed by atoms with Gasteiger partial charge in [-0.2, -0.15) is 4.99 Å². The lowest BCUT2D eigenvalue weighted by molar-refractivity contribution is 0.588. The first-order valence-corrected chi connectivity index (χ1v) is 10.0. The molecule has 0 aliphatic heterocycles. The summed E-state index contributed by atoms with van der Waals surface area (Å²) in [4.78, 5) is 3.33. The highest BCUT2D eigenvalue weighted by Gasteiger charge is 2.14. The maximum atomic E-state index is 14.6. The third-order valence-corrected chi connectivity index (χ3v) is 4.74. The van der Waals surface area contributed by atoms with Gasteiger partial charge in [0.15, 0.2) is 11.6 Å². The zero-order valence-corrected chi connectivity index (χ0v) is 17.4. The molecule has 156 valence electrons. The monoisotopic (exact) mass is 439 g/mol. The Labute approximate surface area is 183 Å². The molecule has 6 heteroatoms. The maximum absolute atomic E-state index is 14.6. The van der Waals surface area contributed by atoms with Crippen molar-refractivity contribution < 1.29 is 17.6 Å². The van der Waals surface area contributed by atoms with Gasteiger partial charge in [-0.05, 0) is 72.6 Å². The van der Waals surface area contributed by atoms with E-state index >= 15 is 0 Å². The normalized spacial score (nSPS) is 10.2. The first kappa shape index (κ1) is 22.4. The third-order valence-electron chi connectivity index (χ3n) is 4.65. The molecule has 0 aliphatic rings. The number of thiocarbonyl (C=S) groups is 1. The minimum absolute atomic E-state index is 0.00374. The third kappa shape index (κ3) is 5.46. The summed E-state index contributed by atoms with van der Waals surface area (Å²) in [7, 11) is 0. The molecule has 1 nitrogen and oxygen atoms in total. The van der Waals surface area contributed by atoms with E-state index in [2.05, 4.69) is 36.0 Å². The average Bonchev–Trinajstić information content (AvgIpc) is 2.74. The Balaban J connectivity index is 1.87. The van der Waals surface area contributed by atoms with Crippen LogP contribution in [0.15, 0.2) is 53.5 Å². The standard InChI is InChI=1S/C25H17F4NS/c1-2-3-4-16-5-8-18(21(26)11-16)9-6-17-7-10-20(22(27)12-17)19-13-23(28)25(30-15-31)24(29)14-19/h5,7-8,10-14H,2-4H2,1H3. The van der Waals surface area contributed by atoms with Crippen molar-refractivity contribution in [3.05, 3.63) is 88.5 Å². The van der Waals surface area contributed by atoms with Crippen LogP contribution in [-0.4, -0.2) is 5.16 Å². The summed E-state index contributed by atoms with van der Waals surface area (Å²) in [6.07, 6.45) is 2.80. The molecule has 0 N–H and O–H groups in total. The van der Waals surface area contributed by atoms with Crippen LogP contribution in [0.4, 0.5) is 23.2 Å². The summed E-state index contributed by atoms with van der Waals surface area (Å²) in [6, 6.07) is 10.8. The van der Waals surface area contributed by atoms with Crippen LogP contribution in [0.3, 0.4) is 0 Å². The quantitative estimate of drug-likeness (QED) is 0.175. The average molecular weight is 439 g/mol. The van der Waals surface area contributed by atoms with Gasteiger partial charge in [-0.1, -0.05) is 37.3 Å². The molecule has 3 rings (SSSR count). The summed E-state index contributed by atoms with van der Waals surface area (Å²) >= 11 is 4.36. The van der Waals surface area contributed by atoms with Gasteiger partial charge in [0, 0.05) is 11.1 Å². The van der Waals surface area contributed by atoms with E-state index in [1.165, 1.54) is 18.2 Å². The second-order valence-electron chi connectivity index (χ2n) is 6.85. The van der Waals surface area contributed by atoms with Crippen molar-refractivity contribution in [2.45, 2.75) is 26.2 Å². The van der Waals surface area contributed by atoms with Gasteiger partial charge in [-0.3, -0.25) is 0 Å². The highest BCUT2D eigenvalue weighted by atomic mass is 32.1. The van der Waals surface area contributed by atoms with E-state index in [-0.39, 0.29) is 16.7 Å². The van der Waals surface area contributed by atoms with Crippen molar-refractivity contribution in [2.75, 3.05) is 0 Å². The first-order valence-electron chi connectivity index (χ1n) is 9.60. The fraction of sp³-hybridized carbons (Fsp3) is 0.160. The summed E-state index contributed by atoms with van der Waals surface area (Å²) < 4.78 is 56.9. The van der Waals surface area contributed by atoms with Crippen LogP contribution < -0.4 is 0 Å². The lowest BCUT2D eigenvalue weighted by atomic mass is 10.0. The van der Waals surface area contributed by atoms with Gasteiger partial charge in [-0.15, -0.1) is 0 Å². The molecule has 0 saturated carbocycles. The number of benzene rings is 3. The molecule has 0 heterocycles. The van der Waals surface area contributed by atoms with Crippen molar-refractivity contribution in [3.8, 4) is 23.0 Å². The lowest BCUT2D eigenvalue weighted by Crippen LogP contribution is -1.91.